The highest BCUT2D eigenvalue weighted by Crippen LogP contribution is 2.23. The number of nitrogens with zero attached hydrogens (tertiary/aromatic N) is 3. The van der Waals surface area contributed by atoms with Gasteiger partial charge in [-0.2, -0.15) is 9.30 Å². The van der Waals surface area contributed by atoms with Crippen molar-refractivity contribution < 1.29 is 26.4 Å². The minimum Gasteiger partial charge on any atom is -0.383 e. The Balaban J connectivity index is 1.68. The van der Waals surface area contributed by atoms with E-state index in [1.807, 2.05) is 4.57 Å². The van der Waals surface area contributed by atoms with Gasteiger partial charge in [0.25, 0.3) is 5.91 Å². The predicted molar refractivity (Wildman–Crippen MR) is 134 cm³/mol. The number of hydrogen-bond donors (Lipinski definition) is 0. The molecule has 1 aromatic heterocycles. The molecule has 35 heavy (non-hydrogen) atoms. The number of hydrogen-bond acceptors (Lipinski definition) is 7. The van der Waals surface area contributed by atoms with Crippen LogP contribution in [0.15, 0.2) is 57.2 Å². The topological polar surface area (TPSA) is 115 Å². The van der Waals surface area contributed by atoms with Gasteiger partial charge in [-0.25, -0.2) is 16.8 Å². The van der Waals surface area contributed by atoms with Crippen LogP contribution in [0.4, 0.5) is 0 Å². The van der Waals surface area contributed by atoms with Crippen molar-refractivity contribution >= 4 is 47.3 Å². The van der Waals surface area contributed by atoms with Crippen LogP contribution in [0.5, 0.6) is 0 Å². The minimum atomic E-state index is -3.59. The molecule has 9 nitrogen and oxygen atoms in total. The number of thiazole rings is 1. The van der Waals surface area contributed by atoms with E-state index < -0.39 is 25.8 Å². The van der Waals surface area contributed by atoms with Gasteiger partial charge in [-0.3, -0.25) is 4.79 Å². The van der Waals surface area contributed by atoms with E-state index in [1.54, 1.807) is 19.2 Å². The van der Waals surface area contributed by atoms with Gasteiger partial charge >= 0.3 is 0 Å². The Labute approximate surface area is 208 Å². The Kier molecular flexibility index (Phi) is 7.57. The summed E-state index contributed by atoms with van der Waals surface area (Å²) in [4.78, 5) is 18.0. The van der Waals surface area contributed by atoms with E-state index in [1.165, 1.54) is 46.0 Å². The van der Waals surface area contributed by atoms with Gasteiger partial charge in [0.15, 0.2) is 14.6 Å². The maximum atomic E-state index is 12.9. The van der Waals surface area contributed by atoms with Gasteiger partial charge in [0.1, 0.15) is 0 Å². The number of benzene rings is 2. The Morgan fingerprint density at radius 3 is 2.29 bits per heavy atom. The lowest BCUT2D eigenvalue weighted by Gasteiger charge is -2.25. The molecule has 0 N–H and O–H groups in total. The van der Waals surface area contributed by atoms with Crippen molar-refractivity contribution in [3.63, 3.8) is 0 Å². The first-order valence-electron chi connectivity index (χ1n) is 11.1. The minimum absolute atomic E-state index is 0.154. The molecule has 2 aromatic carbocycles. The molecule has 4 rings (SSSR count). The van der Waals surface area contributed by atoms with Crippen LogP contribution in [-0.2, 0) is 31.1 Å². The molecular weight excluding hydrogens is 510 g/mol. The van der Waals surface area contributed by atoms with Crippen LogP contribution in [0.2, 0.25) is 0 Å². The highest BCUT2D eigenvalue weighted by Gasteiger charge is 2.26. The Hall–Kier alpha value is -2.38. The largest absolute Gasteiger partial charge is 0.383 e. The molecule has 0 atom stereocenters. The van der Waals surface area contributed by atoms with E-state index in [-0.39, 0.29) is 15.4 Å². The summed E-state index contributed by atoms with van der Waals surface area (Å²) in [5, 5.41) is 0. The fourth-order valence-electron chi connectivity index (χ4n) is 3.94. The summed E-state index contributed by atoms with van der Waals surface area (Å²) in [5.74, 6) is -0.520. The number of carbonyl (C=O) groups excluding carboxylic acids is 1. The fourth-order valence-corrected chi connectivity index (χ4v) is 7.28. The van der Waals surface area contributed by atoms with E-state index in [2.05, 4.69) is 4.99 Å². The first-order valence-corrected chi connectivity index (χ1v) is 15.3. The average molecular weight is 538 g/mol. The number of amides is 1. The molecule has 12 heteroatoms. The number of sulfonamides is 1. The molecule has 1 aliphatic rings. The number of fused-ring (bicyclic) bond motifs is 1. The molecule has 1 fully saturated rings. The van der Waals surface area contributed by atoms with E-state index in [4.69, 9.17) is 4.74 Å². The van der Waals surface area contributed by atoms with Gasteiger partial charge in [-0.1, -0.05) is 17.8 Å². The van der Waals surface area contributed by atoms with Crippen molar-refractivity contribution in [2.24, 2.45) is 4.99 Å². The quantitative estimate of drug-likeness (QED) is 0.458. The Bertz CT molecular complexity index is 1510. The third kappa shape index (κ3) is 5.56. The van der Waals surface area contributed by atoms with Gasteiger partial charge < -0.3 is 9.30 Å². The molecule has 0 aliphatic carbocycles. The summed E-state index contributed by atoms with van der Waals surface area (Å²) in [5.41, 5.74) is 1.00. The molecule has 0 bridgehead atoms. The van der Waals surface area contributed by atoms with Crippen LogP contribution in [0.3, 0.4) is 0 Å². The summed E-state index contributed by atoms with van der Waals surface area (Å²) in [6.07, 6.45) is 3.86. The van der Waals surface area contributed by atoms with E-state index >= 15 is 0 Å². The third-order valence-electron chi connectivity index (χ3n) is 5.85. The zero-order chi connectivity index (χ0) is 25.2. The molecule has 188 valence electrons. The van der Waals surface area contributed by atoms with Crippen LogP contribution in [-0.4, -0.2) is 64.7 Å². The molecule has 0 spiro atoms. The monoisotopic (exact) mass is 537 g/mol. The predicted octanol–water partition coefficient (Wildman–Crippen LogP) is 2.67. The Morgan fingerprint density at radius 2 is 1.66 bits per heavy atom. The van der Waals surface area contributed by atoms with Gasteiger partial charge in [0.05, 0.1) is 26.6 Å². The van der Waals surface area contributed by atoms with Crippen LogP contribution in [0.1, 0.15) is 29.6 Å². The third-order valence-corrected chi connectivity index (χ3v) is 9.92. The van der Waals surface area contributed by atoms with Crippen molar-refractivity contribution in [3.8, 4) is 0 Å². The summed E-state index contributed by atoms with van der Waals surface area (Å²) in [7, 11) is -5.40. The summed E-state index contributed by atoms with van der Waals surface area (Å²) >= 11 is 1.21. The van der Waals surface area contributed by atoms with E-state index in [0.717, 1.165) is 31.0 Å². The standard InChI is InChI=1S/C23H27N3O6S3/c1-32-15-14-26-20-11-10-19(34(2,28)29)16-21(20)33-23(26)24-22(27)17-6-8-18(9-7-17)35(30,31)25-12-4-3-5-13-25/h6-11,16H,3-5,12-15H2,1-2H3. The van der Waals surface area contributed by atoms with Crippen LogP contribution in [0, 0.1) is 0 Å². The van der Waals surface area contributed by atoms with Crippen LogP contribution >= 0.6 is 11.3 Å². The van der Waals surface area contributed by atoms with Crippen molar-refractivity contribution in [1.29, 1.82) is 0 Å². The van der Waals surface area contributed by atoms with Crippen molar-refractivity contribution in [2.45, 2.75) is 35.6 Å². The van der Waals surface area contributed by atoms with E-state index in [9.17, 15) is 21.6 Å². The van der Waals surface area contributed by atoms with Crippen molar-refractivity contribution in [3.05, 3.63) is 52.8 Å². The molecule has 0 unspecified atom stereocenters. The maximum absolute atomic E-state index is 12.9. The normalized spacial score (nSPS) is 16.1. The lowest BCUT2D eigenvalue weighted by atomic mass is 10.2. The van der Waals surface area contributed by atoms with Crippen molar-refractivity contribution in [1.82, 2.24) is 8.87 Å². The summed E-state index contributed by atoms with van der Waals surface area (Å²) < 4.78 is 58.8. The highest BCUT2D eigenvalue weighted by atomic mass is 32.2. The molecule has 1 aliphatic heterocycles. The molecule has 1 saturated heterocycles. The first kappa shape index (κ1) is 25.7. The molecule has 1 amide bonds. The molecular formula is C23H27N3O6S3. The van der Waals surface area contributed by atoms with Gasteiger partial charge in [0.2, 0.25) is 10.0 Å². The number of ether oxygens (including phenoxy) is 1. The van der Waals surface area contributed by atoms with Gasteiger partial charge in [0, 0.05) is 38.6 Å². The molecule has 0 saturated carbocycles. The zero-order valence-corrected chi connectivity index (χ0v) is 22.0. The molecule has 3 aromatic rings. The van der Waals surface area contributed by atoms with Crippen LogP contribution in [0.25, 0.3) is 10.2 Å². The lowest BCUT2D eigenvalue weighted by molar-refractivity contribution is 0.0997. The number of rotatable bonds is 7. The second-order valence-electron chi connectivity index (χ2n) is 8.34. The summed E-state index contributed by atoms with van der Waals surface area (Å²) in [6.45, 7) is 1.82. The van der Waals surface area contributed by atoms with Gasteiger partial charge in [-0.15, -0.1) is 0 Å². The fraction of sp³-hybridized carbons (Fsp3) is 0.391. The average Bonchev–Trinajstić information content (AvgIpc) is 3.18. The first-order chi connectivity index (χ1) is 16.6. The number of piperidine rings is 1. The van der Waals surface area contributed by atoms with Crippen molar-refractivity contribution in [2.75, 3.05) is 33.1 Å². The number of methoxy groups -OCH3 is 1. The summed E-state index contributed by atoms with van der Waals surface area (Å²) in [6, 6.07) is 10.6. The zero-order valence-electron chi connectivity index (χ0n) is 19.5. The SMILES string of the molecule is COCCn1c(=NC(=O)c2ccc(S(=O)(=O)N3CCCCC3)cc2)sc2cc(S(C)(=O)=O)ccc21. The second-order valence-corrected chi connectivity index (χ2v) is 13.3. The lowest BCUT2D eigenvalue weighted by Crippen LogP contribution is -2.35. The smallest absolute Gasteiger partial charge is 0.279 e. The number of carbonyl (C=O) groups is 1. The second kappa shape index (κ2) is 10.3. The highest BCUT2D eigenvalue weighted by molar-refractivity contribution is 7.90. The van der Waals surface area contributed by atoms with Gasteiger partial charge in [-0.05, 0) is 55.3 Å². The molecule has 0 radical (unpaired) electrons. The number of sulfone groups is 1. The maximum Gasteiger partial charge on any atom is 0.279 e. The Morgan fingerprint density at radius 1 is 1.00 bits per heavy atom. The number of aromatic nitrogens is 1. The van der Waals surface area contributed by atoms with E-state index in [0.29, 0.717) is 35.7 Å². The van der Waals surface area contributed by atoms with Crippen LogP contribution < -0.4 is 4.80 Å². The molecule has 2 heterocycles.